The van der Waals surface area contributed by atoms with Crippen LogP contribution in [0.5, 0.6) is 0 Å². The summed E-state index contributed by atoms with van der Waals surface area (Å²) < 4.78 is 10.1. The van der Waals surface area contributed by atoms with E-state index in [9.17, 15) is 14.4 Å². The molecule has 1 aliphatic rings. The number of rotatable bonds is 8. The number of hydrogen-bond acceptors (Lipinski definition) is 5. The molecule has 0 unspecified atom stereocenters. The molecule has 1 fully saturated rings. The molecule has 28 heavy (non-hydrogen) atoms. The maximum absolute atomic E-state index is 12.1. The molecule has 146 valence electrons. The fourth-order valence-corrected chi connectivity index (χ4v) is 2.60. The van der Waals surface area contributed by atoms with Crippen LogP contribution in [0.25, 0.3) is 0 Å². The number of nitrogens with one attached hydrogen (secondary N) is 2. The van der Waals surface area contributed by atoms with Gasteiger partial charge in [0.25, 0.3) is 11.8 Å². The van der Waals surface area contributed by atoms with Gasteiger partial charge in [-0.1, -0.05) is 18.2 Å². The van der Waals surface area contributed by atoms with Crippen molar-refractivity contribution in [3.8, 4) is 0 Å². The summed E-state index contributed by atoms with van der Waals surface area (Å²) in [6, 6.07) is 13.7. The lowest BCUT2D eigenvalue weighted by molar-refractivity contribution is -0.119. The van der Waals surface area contributed by atoms with Crippen LogP contribution in [-0.4, -0.2) is 37.5 Å². The summed E-state index contributed by atoms with van der Waals surface area (Å²) in [5.74, 6) is -1.24. The van der Waals surface area contributed by atoms with E-state index in [0.717, 1.165) is 18.4 Å². The topological polar surface area (TPSA) is 93.7 Å². The second-order valence-electron chi connectivity index (χ2n) is 6.59. The Bertz CT molecular complexity index is 877. The molecular weight excluding hydrogens is 360 g/mol. The Morgan fingerprint density at radius 3 is 2.54 bits per heavy atom. The van der Waals surface area contributed by atoms with Crippen molar-refractivity contribution in [3.05, 3.63) is 65.2 Å². The Balaban J connectivity index is 1.52. The minimum atomic E-state index is -0.592. The van der Waals surface area contributed by atoms with Gasteiger partial charge in [-0.3, -0.25) is 9.59 Å². The largest absolute Gasteiger partial charge is 0.452 e. The standard InChI is InChI=1S/C21H22N2O5/c1-27-12-14-4-2-6-16(10-14)21(26)28-13-19(24)22-18-7-3-5-15(11-18)20(25)23-17-8-9-17/h2-7,10-11,17H,8-9,12-13H2,1H3,(H,22,24)(H,23,25). The van der Waals surface area contributed by atoms with Crippen molar-refractivity contribution in [3.63, 3.8) is 0 Å². The third kappa shape index (κ3) is 5.65. The number of esters is 1. The SMILES string of the molecule is COCc1cccc(C(=O)OCC(=O)Nc2cccc(C(=O)NC3CC3)c2)c1. The van der Waals surface area contributed by atoms with E-state index < -0.39 is 18.5 Å². The zero-order valence-corrected chi connectivity index (χ0v) is 15.6. The summed E-state index contributed by atoms with van der Waals surface area (Å²) in [5, 5.41) is 5.52. The van der Waals surface area contributed by atoms with E-state index in [1.54, 1.807) is 49.6 Å². The molecule has 1 aliphatic carbocycles. The number of carbonyl (C=O) groups excluding carboxylic acids is 3. The van der Waals surface area contributed by atoms with Gasteiger partial charge >= 0.3 is 5.97 Å². The summed E-state index contributed by atoms with van der Waals surface area (Å²) in [6.07, 6.45) is 2.00. The molecule has 7 nitrogen and oxygen atoms in total. The first-order valence-corrected chi connectivity index (χ1v) is 9.01. The van der Waals surface area contributed by atoms with Crippen LogP contribution in [0.3, 0.4) is 0 Å². The summed E-state index contributed by atoms with van der Waals surface area (Å²) in [4.78, 5) is 36.3. The third-order valence-corrected chi connectivity index (χ3v) is 4.13. The number of ether oxygens (including phenoxy) is 2. The highest BCUT2D eigenvalue weighted by molar-refractivity contribution is 5.98. The molecule has 7 heteroatoms. The molecule has 0 spiro atoms. The van der Waals surface area contributed by atoms with Crippen molar-refractivity contribution in [1.82, 2.24) is 5.32 Å². The van der Waals surface area contributed by atoms with Gasteiger partial charge in [0.1, 0.15) is 0 Å². The number of benzene rings is 2. The first kappa shape index (κ1) is 19.6. The zero-order valence-electron chi connectivity index (χ0n) is 15.6. The lowest BCUT2D eigenvalue weighted by Gasteiger charge is -2.09. The lowest BCUT2D eigenvalue weighted by atomic mass is 10.1. The average Bonchev–Trinajstić information content (AvgIpc) is 3.51. The van der Waals surface area contributed by atoms with Crippen LogP contribution in [0.4, 0.5) is 5.69 Å². The van der Waals surface area contributed by atoms with Gasteiger partial charge in [-0.25, -0.2) is 4.79 Å². The quantitative estimate of drug-likeness (QED) is 0.684. The number of methoxy groups -OCH3 is 1. The van der Waals surface area contributed by atoms with Gasteiger partial charge in [0.2, 0.25) is 0 Å². The van der Waals surface area contributed by atoms with Crippen LogP contribution in [0.2, 0.25) is 0 Å². The Labute approximate surface area is 163 Å². The Hall–Kier alpha value is -3.19. The molecule has 0 aromatic heterocycles. The Morgan fingerprint density at radius 1 is 1.04 bits per heavy atom. The lowest BCUT2D eigenvalue weighted by Crippen LogP contribution is -2.25. The average molecular weight is 382 g/mol. The van der Waals surface area contributed by atoms with Gasteiger partial charge < -0.3 is 20.1 Å². The molecule has 3 rings (SSSR count). The van der Waals surface area contributed by atoms with E-state index >= 15 is 0 Å². The van der Waals surface area contributed by atoms with Gasteiger partial charge in [-0.15, -0.1) is 0 Å². The normalized spacial score (nSPS) is 12.9. The van der Waals surface area contributed by atoms with Crippen molar-refractivity contribution >= 4 is 23.5 Å². The van der Waals surface area contributed by atoms with Crippen LogP contribution >= 0.6 is 0 Å². The molecule has 0 aliphatic heterocycles. The Morgan fingerprint density at radius 2 is 1.79 bits per heavy atom. The van der Waals surface area contributed by atoms with Crippen LogP contribution in [0, 0.1) is 0 Å². The molecule has 0 bridgehead atoms. The highest BCUT2D eigenvalue weighted by Gasteiger charge is 2.23. The smallest absolute Gasteiger partial charge is 0.338 e. The van der Waals surface area contributed by atoms with Crippen LogP contribution in [0.15, 0.2) is 48.5 Å². The fraction of sp³-hybridized carbons (Fsp3) is 0.286. The minimum absolute atomic E-state index is 0.166. The molecular formula is C21H22N2O5. The number of amides is 2. The van der Waals surface area contributed by atoms with Crippen molar-refractivity contribution in [2.45, 2.75) is 25.5 Å². The van der Waals surface area contributed by atoms with Gasteiger partial charge in [0, 0.05) is 24.4 Å². The number of anilines is 1. The molecule has 2 aromatic carbocycles. The molecule has 0 radical (unpaired) electrons. The van der Waals surface area contributed by atoms with E-state index in [0.29, 0.717) is 23.4 Å². The first-order valence-electron chi connectivity index (χ1n) is 9.01. The molecule has 0 saturated heterocycles. The number of hydrogen-bond donors (Lipinski definition) is 2. The van der Waals surface area contributed by atoms with Crippen LogP contribution < -0.4 is 10.6 Å². The first-order chi connectivity index (χ1) is 13.5. The summed E-state index contributed by atoms with van der Waals surface area (Å²) in [6.45, 7) is -0.0435. The Kier molecular flexibility index (Phi) is 6.39. The van der Waals surface area contributed by atoms with Gasteiger partial charge in [0.05, 0.1) is 12.2 Å². The van der Waals surface area contributed by atoms with Crippen LogP contribution in [-0.2, 0) is 20.9 Å². The third-order valence-electron chi connectivity index (χ3n) is 4.13. The predicted molar refractivity (Wildman–Crippen MR) is 103 cm³/mol. The minimum Gasteiger partial charge on any atom is -0.452 e. The maximum Gasteiger partial charge on any atom is 0.338 e. The monoisotopic (exact) mass is 382 g/mol. The maximum atomic E-state index is 12.1. The van der Waals surface area contributed by atoms with E-state index in [1.165, 1.54) is 0 Å². The fourth-order valence-electron chi connectivity index (χ4n) is 2.60. The zero-order chi connectivity index (χ0) is 19.9. The molecule has 2 aromatic rings. The van der Waals surface area contributed by atoms with E-state index in [-0.39, 0.29) is 11.9 Å². The summed E-state index contributed by atoms with van der Waals surface area (Å²) in [5.41, 5.74) is 2.12. The number of carbonyl (C=O) groups is 3. The van der Waals surface area contributed by atoms with Crippen molar-refractivity contribution in [2.75, 3.05) is 19.0 Å². The second-order valence-corrected chi connectivity index (χ2v) is 6.59. The predicted octanol–water partition coefficient (Wildman–Crippen LogP) is 2.52. The van der Waals surface area contributed by atoms with Gasteiger partial charge in [0.15, 0.2) is 6.61 Å². The van der Waals surface area contributed by atoms with Crippen molar-refractivity contribution < 1.29 is 23.9 Å². The molecule has 0 heterocycles. The van der Waals surface area contributed by atoms with E-state index in [4.69, 9.17) is 9.47 Å². The molecule has 0 atom stereocenters. The van der Waals surface area contributed by atoms with Crippen LogP contribution in [0.1, 0.15) is 39.1 Å². The molecule has 2 N–H and O–H groups in total. The van der Waals surface area contributed by atoms with E-state index in [1.807, 2.05) is 6.07 Å². The van der Waals surface area contributed by atoms with E-state index in [2.05, 4.69) is 10.6 Å². The highest BCUT2D eigenvalue weighted by atomic mass is 16.5. The van der Waals surface area contributed by atoms with Crippen molar-refractivity contribution in [2.24, 2.45) is 0 Å². The van der Waals surface area contributed by atoms with Gasteiger partial charge in [-0.05, 0) is 48.7 Å². The second kappa shape index (κ2) is 9.14. The summed E-state index contributed by atoms with van der Waals surface area (Å²) >= 11 is 0. The summed E-state index contributed by atoms with van der Waals surface area (Å²) in [7, 11) is 1.57. The highest BCUT2D eigenvalue weighted by Crippen LogP contribution is 2.20. The van der Waals surface area contributed by atoms with Gasteiger partial charge in [-0.2, -0.15) is 0 Å². The molecule has 1 saturated carbocycles. The molecule has 2 amide bonds. The van der Waals surface area contributed by atoms with Crippen molar-refractivity contribution in [1.29, 1.82) is 0 Å².